The van der Waals surface area contributed by atoms with Crippen LogP contribution in [0.15, 0.2) is 48.7 Å². The number of nitrogens with zero attached hydrogens (tertiary/aromatic N) is 1. The first-order chi connectivity index (χ1) is 8.40. The minimum atomic E-state index is 0.574. The Morgan fingerprint density at radius 3 is 2.65 bits per heavy atom. The van der Waals surface area contributed by atoms with Gasteiger partial charge >= 0.3 is 0 Å². The lowest BCUT2D eigenvalue weighted by Gasteiger charge is -1.99. The number of aromatic amines is 1. The van der Waals surface area contributed by atoms with Crippen molar-refractivity contribution in [1.29, 1.82) is 0 Å². The minimum Gasteiger partial charge on any atom is -0.351 e. The van der Waals surface area contributed by atoms with Crippen molar-refractivity contribution in [1.82, 2.24) is 9.97 Å². The van der Waals surface area contributed by atoms with Crippen LogP contribution in [0, 0.1) is 0 Å². The van der Waals surface area contributed by atoms with Gasteiger partial charge < -0.3 is 4.98 Å². The van der Waals surface area contributed by atoms with Gasteiger partial charge in [-0.1, -0.05) is 30.3 Å². The molecule has 3 aromatic rings. The highest BCUT2D eigenvalue weighted by molar-refractivity contribution is 6.01. The molecule has 0 saturated carbocycles. The maximum Gasteiger partial charge on any atom is 0.166 e. The zero-order valence-electron chi connectivity index (χ0n) is 9.05. The summed E-state index contributed by atoms with van der Waals surface area (Å²) in [7, 11) is 0. The molecular weight excluding hydrogens is 212 g/mol. The van der Waals surface area contributed by atoms with E-state index in [4.69, 9.17) is 0 Å². The molecule has 3 nitrogen and oxygen atoms in total. The van der Waals surface area contributed by atoms with Gasteiger partial charge in [0.2, 0.25) is 0 Å². The van der Waals surface area contributed by atoms with Gasteiger partial charge in [0.15, 0.2) is 6.29 Å². The highest BCUT2D eigenvalue weighted by Gasteiger charge is 2.12. The van der Waals surface area contributed by atoms with Crippen LogP contribution in [0.4, 0.5) is 0 Å². The van der Waals surface area contributed by atoms with Crippen LogP contribution < -0.4 is 0 Å². The highest BCUT2D eigenvalue weighted by atomic mass is 16.1. The second kappa shape index (κ2) is 3.87. The fraction of sp³-hybridized carbons (Fsp3) is 0. The molecule has 0 unspecified atom stereocenters. The van der Waals surface area contributed by atoms with Crippen LogP contribution in [0.1, 0.15) is 10.5 Å². The molecule has 2 heterocycles. The number of aromatic nitrogens is 2. The first-order valence-corrected chi connectivity index (χ1v) is 5.37. The molecule has 2 aromatic heterocycles. The molecule has 0 spiro atoms. The molecular formula is C14H10N2O. The van der Waals surface area contributed by atoms with Crippen molar-refractivity contribution in [3.8, 4) is 11.1 Å². The van der Waals surface area contributed by atoms with Gasteiger partial charge in [0.1, 0.15) is 0 Å². The first kappa shape index (κ1) is 9.78. The normalized spacial score (nSPS) is 10.6. The molecule has 17 heavy (non-hydrogen) atoms. The van der Waals surface area contributed by atoms with Crippen molar-refractivity contribution >= 4 is 17.3 Å². The molecule has 0 atom stereocenters. The monoisotopic (exact) mass is 222 g/mol. The Hall–Kier alpha value is -2.42. The van der Waals surface area contributed by atoms with E-state index in [0.717, 1.165) is 28.4 Å². The van der Waals surface area contributed by atoms with Crippen LogP contribution in [0.25, 0.3) is 22.2 Å². The Kier molecular flexibility index (Phi) is 2.22. The number of fused-ring (bicyclic) bond motifs is 1. The number of hydrogen-bond acceptors (Lipinski definition) is 2. The Balaban J connectivity index is 2.38. The molecule has 0 radical (unpaired) electrons. The molecule has 0 bridgehead atoms. The van der Waals surface area contributed by atoms with Crippen LogP contribution in [0.5, 0.6) is 0 Å². The summed E-state index contributed by atoms with van der Waals surface area (Å²) in [5.74, 6) is 0. The fourth-order valence-electron chi connectivity index (χ4n) is 2.03. The fourth-order valence-corrected chi connectivity index (χ4v) is 2.03. The molecule has 0 aliphatic rings. The lowest BCUT2D eigenvalue weighted by Crippen LogP contribution is -1.84. The zero-order valence-corrected chi connectivity index (χ0v) is 9.05. The summed E-state index contributed by atoms with van der Waals surface area (Å²) in [4.78, 5) is 18.5. The Morgan fingerprint density at radius 1 is 1.06 bits per heavy atom. The van der Waals surface area contributed by atoms with Crippen LogP contribution >= 0.6 is 0 Å². The quantitative estimate of drug-likeness (QED) is 0.677. The van der Waals surface area contributed by atoms with E-state index in [0.29, 0.717) is 5.69 Å². The number of benzene rings is 1. The second-order valence-electron chi connectivity index (χ2n) is 3.80. The third-order valence-corrected chi connectivity index (χ3v) is 2.76. The molecule has 0 saturated heterocycles. The maximum absolute atomic E-state index is 11.1. The SMILES string of the molecule is O=Cc1[nH]c2cccnc2c1-c1ccccc1. The summed E-state index contributed by atoms with van der Waals surface area (Å²) >= 11 is 0. The van der Waals surface area contributed by atoms with E-state index in [-0.39, 0.29) is 0 Å². The second-order valence-corrected chi connectivity index (χ2v) is 3.80. The zero-order chi connectivity index (χ0) is 11.7. The lowest BCUT2D eigenvalue weighted by atomic mass is 10.1. The number of carbonyl (C=O) groups excluding carboxylic acids is 1. The number of rotatable bonds is 2. The largest absolute Gasteiger partial charge is 0.351 e. The lowest BCUT2D eigenvalue weighted by molar-refractivity contribution is 0.112. The standard InChI is InChI=1S/C14H10N2O/c17-9-12-13(10-5-2-1-3-6-10)14-11(16-12)7-4-8-15-14/h1-9,16H. The molecule has 1 N–H and O–H groups in total. The van der Waals surface area contributed by atoms with E-state index in [1.807, 2.05) is 42.5 Å². The van der Waals surface area contributed by atoms with Crippen molar-refractivity contribution < 1.29 is 4.79 Å². The van der Waals surface area contributed by atoms with Crippen molar-refractivity contribution in [2.24, 2.45) is 0 Å². The topological polar surface area (TPSA) is 45.8 Å². The van der Waals surface area contributed by atoms with Gasteiger partial charge in [-0.15, -0.1) is 0 Å². The average Bonchev–Trinajstić information content (AvgIpc) is 2.78. The summed E-state index contributed by atoms with van der Waals surface area (Å²) in [6.45, 7) is 0. The van der Waals surface area contributed by atoms with Gasteiger partial charge in [0.25, 0.3) is 0 Å². The summed E-state index contributed by atoms with van der Waals surface area (Å²) < 4.78 is 0. The number of H-pyrrole nitrogens is 1. The Labute approximate surface area is 98.1 Å². The van der Waals surface area contributed by atoms with Crippen LogP contribution in [0.3, 0.4) is 0 Å². The van der Waals surface area contributed by atoms with E-state index in [1.165, 1.54) is 0 Å². The molecule has 0 aliphatic carbocycles. The van der Waals surface area contributed by atoms with Gasteiger partial charge in [-0.2, -0.15) is 0 Å². The Bertz CT molecular complexity index is 671. The number of carbonyl (C=O) groups is 1. The summed E-state index contributed by atoms with van der Waals surface area (Å²) in [6, 6.07) is 13.6. The maximum atomic E-state index is 11.1. The molecule has 3 heteroatoms. The van der Waals surface area contributed by atoms with Crippen LogP contribution in [-0.2, 0) is 0 Å². The van der Waals surface area contributed by atoms with Crippen LogP contribution in [-0.4, -0.2) is 16.3 Å². The first-order valence-electron chi connectivity index (χ1n) is 5.37. The highest BCUT2D eigenvalue weighted by Crippen LogP contribution is 2.29. The van der Waals surface area contributed by atoms with Crippen molar-refractivity contribution in [2.45, 2.75) is 0 Å². The third-order valence-electron chi connectivity index (χ3n) is 2.76. The van der Waals surface area contributed by atoms with Gasteiger partial charge in [-0.3, -0.25) is 9.78 Å². The van der Waals surface area contributed by atoms with Gasteiger partial charge in [0.05, 0.1) is 16.7 Å². The minimum absolute atomic E-state index is 0.574. The van der Waals surface area contributed by atoms with Gasteiger partial charge in [0, 0.05) is 11.8 Å². The number of aldehydes is 1. The Morgan fingerprint density at radius 2 is 1.88 bits per heavy atom. The van der Waals surface area contributed by atoms with E-state index in [1.54, 1.807) is 6.20 Å². The van der Waals surface area contributed by atoms with Gasteiger partial charge in [-0.25, -0.2) is 0 Å². The van der Waals surface area contributed by atoms with Crippen molar-refractivity contribution in [3.05, 3.63) is 54.4 Å². The predicted molar refractivity (Wildman–Crippen MR) is 66.9 cm³/mol. The molecule has 0 aliphatic heterocycles. The summed E-state index contributed by atoms with van der Waals surface area (Å²) in [5, 5.41) is 0. The predicted octanol–water partition coefficient (Wildman–Crippen LogP) is 3.04. The van der Waals surface area contributed by atoms with Crippen molar-refractivity contribution in [2.75, 3.05) is 0 Å². The summed E-state index contributed by atoms with van der Waals surface area (Å²) in [6.07, 6.45) is 2.57. The number of hydrogen-bond donors (Lipinski definition) is 1. The van der Waals surface area contributed by atoms with Gasteiger partial charge in [-0.05, 0) is 17.7 Å². The number of pyridine rings is 1. The molecule has 0 fully saturated rings. The molecule has 3 rings (SSSR count). The molecule has 0 amide bonds. The van der Waals surface area contributed by atoms with E-state index >= 15 is 0 Å². The van der Waals surface area contributed by atoms with E-state index in [9.17, 15) is 4.79 Å². The number of nitrogens with one attached hydrogen (secondary N) is 1. The molecule has 82 valence electrons. The van der Waals surface area contributed by atoms with E-state index in [2.05, 4.69) is 9.97 Å². The third kappa shape index (κ3) is 1.52. The molecule has 1 aromatic carbocycles. The summed E-state index contributed by atoms with van der Waals surface area (Å²) in [5.41, 5.74) is 4.16. The average molecular weight is 222 g/mol. The van der Waals surface area contributed by atoms with Crippen LogP contribution in [0.2, 0.25) is 0 Å². The smallest absolute Gasteiger partial charge is 0.166 e. The van der Waals surface area contributed by atoms with E-state index < -0.39 is 0 Å². The van der Waals surface area contributed by atoms with Crippen molar-refractivity contribution in [3.63, 3.8) is 0 Å².